The van der Waals surface area contributed by atoms with Crippen molar-refractivity contribution in [2.75, 3.05) is 19.5 Å². The highest BCUT2D eigenvalue weighted by Crippen LogP contribution is 2.32. The largest absolute Gasteiger partial charge is 0.496 e. The van der Waals surface area contributed by atoms with Gasteiger partial charge in [-0.25, -0.2) is 4.79 Å². The molecule has 1 heterocycles. The van der Waals surface area contributed by atoms with Crippen molar-refractivity contribution in [3.8, 4) is 5.75 Å². The Morgan fingerprint density at radius 3 is 2.50 bits per heavy atom. The molecule has 0 saturated heterocycles. The second-order valence-electron chi connectivity index (χ2n) is 8.24. The molecule has 0 radical (unpaired) electrons. The summed E-state index contributed by atoms with van der Waals surface area (Å²) in [7, 11) is 1.61. The molecular weight excluding hydrogens is 400 g/mol. The average molecular weight is 435 g/mol. The van der Waals surface area contributed by atoms with Gasteiger partial charge < -0.3 is 13.9 Å². The number of carbonyl (C=O) groups excluding carboxylic acids is 1. The molecule has 166 valence electrons. The molecular formula is C24H34O5S. The van der Waals surface area contributed by atoms with Crippen LogP contribution in [0.5, 0.6) is 5.75 Å². The third kappa shape index (κ3) is 6.79. The van der Waals surface area contributed by atoms with Crippen LogP contribution >= 0.6 is 11.8 Å². The number of thioether (sulfide) groups is 1. The van der Waals surface area contributed by atoms with Gasteiger partial charge in [0, 0.05) is 22.4 Å². The average Bonchev–Trinajstić information content (AvgIpc) is 2.72. The van der Waals surface area contributed by atoms with E-state index >= 15 is 0 Å². The van der Waals surface area contributed by atoms with Crippen molar-refractivity contribution in [1.29, 1.82) is 0 Å². The number of methoxy groups -OCH3 is 1. The predicted octanol–water partition coefficient (Wildman–Crippen LogP) is 6.13. The fraction of sp³-hybridized carbons (Fsp3) is 0.583. The molecule has 0 aliphatic rings. The van der Waals surface area contributed by atoms with E-state index in [1.807, 2.05) is 33.8 Å². The van der Waals surface area contributed by atoms with Gasteiger partial charge in [0.2, 0.25) is 0 Å². The molecule has 0 N–H and O–H groups in total. The van der Waals surface area contributed by atoms with Gasteiger partial charge in [-0.2, -0.15) is 0 Å². The Kier molecular flexibility index (Phi) is 9.28. The first kappa shape index (κ1) is 24.3. The fourth-order valence-corrected chi connectivity index (χ4v) is 4.09. The van der Waals surface area contributed by atoms with E-state index in [9.17, 15) is 9.59 Å². The molecule has 2 rings (SSSR count). The highest BCUT2D eigenvalue weighted by Gasteiger charge is 2.26. The quantitative estimate of drug-likeness (QED) is 0.173. The zero-order valence-corrected chi connectivity index (χ0v) is 19.7. The van der Waals surface area contributed by atoms with Crippen LogP contribution in [0.15, 0.2) is 32.3 Å². The molecule has 0 fully saturated rings. The minimum absolute atomic E-state index is 0.103. The summed E-state index contributed by atoms with van der Waals surface area (Å²) in [6.07, 6.45) is 6.06. The Morgan fingerprint density at radius 2 is 1.80 bits per heavy atom. The topological polar surface area (TPSA) is 65.7 Å². The van der Waals surface area contributed by atoms with Crippen LogP contribution in [-0.4, -0.2) is 25.4 Å². The van der Waals surface area contributed by atoms with Crippen molar-refractivity contribution in [3.63, 3.8) is 0 Å². The van der Waals surface area contributed by atoms with Crippen LogP contribution in [0.4, 0.5) is 0 Å². The van der Waals surface area contributed by atoms with E-state index in [2.05, 4.69) is 0 Å². The number of benzene rings is 1. The molecule has 0 aliphatic carbocycles. The smallest absolute Gasteiger partial charge is 0.337 e. The van der Waals surface area contributed by atoms with Crippen LogP contribution < -0.4 is 10.4 Å². The lowest BCUT2D eigenvalue weighted by molar-refractivity contribution is -0.154. The second kappa shape index (κ2) is 11.4. The summed E-state index contributed by atoms with van der Waals surface area (Å²) in [5.41, 5.74) is 0.855. The van der Waals surface area contributed by atoms with Crippen molar-refractivity contribution in [2.45, 2.75) is 71.1 Å². The maximum Gasteiger partial charge on any atom is 0.337 e. The first-order valence-corrected chi connectivity index (χ1v) is 11.7. The van der Waals surface area contributed by atoms with Crippen LogP contribution in [-0.2, 0) is 9.53 Å². The molecule has 30 heavy (non-hydrogen) atoms. The molecule has 0 spiro atoms. The molecule has 0 unspecified atom stereocenters. The van der Waals surface area contributed by atoms with E-state index in [1.54, 1.807) is 31.0 Å². The first-order chi connectivity index (χ1) is 14.3. The Hall–Kier alpha value is -1.95. The maximum atomic E-state index is 11.9. The van der Waals surface area contributed by atoms with Gasteiger partial charge in [-0.15, -0.1) is 11.8 Å². The van der Waals surface area contributed by atoms with Crippen molar-refractivity contribution in [2.24, 2.45) is 5.41 Å². The molecule has 0 amide bonds. The lowest BCUT2D eigenvalue weighted by Crippen LogP contribution is -2.26. The Balaban J connectivity index is 1.72. The van der Waals surface area contributed by atoms with Gasteiger partial charge in [0.05, 0.1) is 19.1 Å². The molecule has 0 saturated carbocycles. The van der Waals surface area contributed by atoms with Gasteiger partial charge in [0.15, 0.2) is 0 Å². The predicted molar refractivity (Wildman–Crippen MR) is 123 cm³/mol. The summed E-state index contributed by atoms with van der Waals surface area (Å²) in [6, 6.07) is 5.37. The monoisotopic (exact) mass is 434 g/mol. The van der Waals surface area contributed by atoms with E-state index < -0.39 is 0 Å². The van der Waals surface area contributed by atoms with E-state index in [1.165, 1.54) is 0 Å². The van der Waals surface area contributed by atoms with Gasteiger partial charge in [-0.05, 0) is 57.4 Å². The standard InChI is InChI=1S/C24H34O5S/c1-6-24(3,4)23(26)28-12-10-8-7-9-11-13-30-21-16-22(25)29-20-15-19(27-5)17(2)14-18(20)21/h14-16H,6-13H2,1-5H3. The van der Waals surface area contributed by atoms with Gasteiger partial charge in [-0.1, -0.05) is 26.2 Å². The van der Waals surface area contributed by atoms with Crippen molar-refractivity contribution < 1.29 is 18.7 Å². The number of hydrogen-bond acceptors (Lipinski definition) is 6. The summed E-state index contributed by atoms with van der Waals surface area (Å²) in [4.78, 5) is 24.8. The maximum absolute atomic E-state index is 11.9. The normalized spacial score (nSPS) is 11.6. The van der Waals surface area contributed by atoms with Crippen LogP contribution in [0, 0.1) is 12.3 Å². The van der Waals surface area contributed by atoms with E-state index in [0.717, 1.165) is 65.9 Å². The van der Waals surface area contributed by atoms with Crippen LogP contribution in [0.25, 0.3) is 11.0 Å². The lowest BCUT2D eigenvalue weighted by atomic mass is 9.91. The summed E-state index contributed by atoms with van der Waals surface area (Å²) < 4.78 is 16.0. The Bertz CT molecular complexity index is 900. The summed E-state index contributed by atoms with van der Waals surface area (Å²) in [6.45, 7) is 8.33. The van der Waals surface area contributed by atoms with Gasteiger partial charge >= 0.3 is 11.6 Å². The molecule has 1 aromatic carbocycles. The zero-order chi connectivity index (χ0) is 22.1. The van der Waals surface area contributed by atoms with Gasteiger partial charge in [0.1, 0.15) is 11.3 Å². The summed E-state index contributed by atoms with van der Waals surface area (Å²) in [5, 5.41) is 0.953. The number of carbonyl (C=O) groups is 1. The van der Waals surface area contributed by atoms with E-state index in [4.69, 9.17) is 13.9 Å². The van der Waals surface area contributed by atoms with Gasteiger partial charge in [0.25, 0.3) is 0 Å². The van der Waals surface area contributed by atoms with E-state index in [0.29, 0.717) is 12.2 Å². The molecule has 0 bridgehead atoms. The summed E-state index contributed by atoms with van der Waals surface area (Å²) >= 11 is 1.69. The van der Waals surface area contributed by atoms with Crippen LogP contribution in [0.3, 0.4) is 0 Å². The van der Waals surface area contributed by atoms with E-state index in [-0.39, 0.29) is 17.0 Å². The van der Waals surface area contributed by atoms with Crippen LogP contribution in [0.1, 0.15) is 64.9 Å². The third-order valence-electron chi connectivity index (χ3n) is 5.44. The Morgan fingerprint density at radius 1 is 1.10 bits per heavy atom. The number of fused-ring (bicyclic) bond motifs is 1. The lowest BCUT2D eigenvalue weighted by Gasteiger charge is -2.20. The minimum Gasteiger partial charge on any atom is -0.496 e. The number of rotatable bonds is 12. The second-order valence-corrected chi connectivity index (χ2v) is 9.37. The number of ether oxygens (including phenoxy) is 2. The van der Waals surface area contributed by atoms with Crippen molar-refractivity contribution in [1.82, 2.24) is 0 Å². The summed E-state index contributed by atoms with van der Waals surface area (Å²) in [5.74, 6) is 1.56. The fourth-order valence-electron chi connectivity index (χ4n) is 3.03. The molecule has 1 aromatic heterocycles. The Labute approximate surface area is 183 Å². The SMILES string of the molecule is CCC(C)(C)C(=O)OCCCCCCCSc1cc(=O)oc2cc(OC)c(C)cc12. The number of unbranched alkanes of at least 4 members (excludes halogenated alkanes) is 4. The molecule has 0 atom stereocenters. The highest BCUT2D eigenvalue weighted by atomic mass is 32.2. The number of aryl methyl sites for hydroxylation is 1. The van der Waals surface area contributed by atoms with Gasteiger partial charge in [-0.3, -0.25) is 4.79 Å². The minimum atomic E-state index is -0.389. The molecule has 2 aromatic rings. The first-order valence-electron chi connectivity index (χ1n) is 10.7. The third-order valence-corrected chi connectivity index (χ3v) is 6.58. The molecule has 6 heteroatoms. The van der Waals surface area contributed by atoms with Crippen LogP contribution in [0.2, 0.25) is 0 Å². The van der Waals surface area contributed by atoms with Crippen molar-refractivity contribution >= 4 is 28.7 Å². The van der Waals surface area contributed by atoms with Crippen molar-refractivity contribution in [3.05, 3.63) is 34.2 Å². The highest BCUT2D eigenvalue weighted by molar-refractivity contribution is 7.99. The number of esters is 1. The molecule has 5 nitrogen and oxygen atoms in total. The zero-order valence-electron chi connectivity index (χ0n) is 18.8. The number of hydrogen-bond donors (Lipinski definition) is 0. The molecule has 0 aliphatic heterocycles.